The van der Waals surface area contributed by atoms with Crippen LogP contribution in [0.1, 0.15) is 58.8 Å². The molecule has 0 saturated carbocycles. The number of hydrogen-bond donors (Lipinski definition) is 3. The number of ether oxygens (including phenoxy) is 1. The molecule has 1 aliphatic rings. The van der Waals surface area contributed by atoms with Gasteiger partial charge in [-0.25, -0.2) is 4.98 Å². The molecule has 4 heterocycles. The van der Waals surface area contributed by atoms with Crippen molar-refractivity contribution in [2.24, 2.45) is 5.73 Å². The predicted octanol–water partition coefficient (Wildman–Crippen LogP) is 3.02. The molecule has 1 atom stereocenters. The number of aryl methyl sites for hydroxylation is 2. The molecule has 0 spiro atoms. The first kappa shape index (κ1) is 27.6. The van der Waals surface area contributed by atoms with Crippen molar-refractivity contribution in [3.8, 4) is 5.75 Å². The number of nitrogens with one attached hydrogen (secondary N) is 2. The summed E-state index contributed by atoms with van der Waals surface area (Å²) in [6.45, 7) is 6.99. The molecule has 0 saturated heterocycles. The number of primary amides is 1. The van der Waals surface area contributed by atoms with Gasteiger partial charge in [0.05, 0.1) is 16.7 Å². The summed E-state index contributed by atoms with van der Waals surface area (Å²) in [5.41, 5.74) is 8.31. The van der Waals surface area contributed by atoms with Crippen LogP contribution in [0.2, 0.25) is 0 Å². The summed E-state index contributed by atoms with van der Waals surface area (Å²) in [6, 6.07) is 8.59. The first-order valence-electron chi connectivity index (χ1n) is 13.4. The largest absolute Gasteiger partial charge is 0.489 e. The Hall–Kier alpha value is -5.00. The third-order valence-electron chi connectivity index (χ3n) is 7.04. The highest BCUT2D eigenvalue weighted by atomic mass is 16.5. The first-order chi connectivity index (χ1) is 19.7. The van der Waals surface area contributed by atoms with Crippen molar-refractivity contribution >= 4 is 40.8 Å². The molecule has 3 amide bonds. The van der Waals surface area contributed by atoms with Crippen molar-refractivity contribution in [2.45, 2.75) is 45.7 Å². The van der Waals surface area contributed by atoms with Crippen LogP contribution in [0, 0.1) is 6.92 Å². The lowest BCUT2D eigenvalue weighted by atomic mass is 9.94. The van der Waals surface area contributed by atoms with E-state index in [1.165, 1.54) is 6.08 Å². The Morgan fingerprint density at radius 3 is 2.80 bits per heavy atom. The summed E-state index contributed by atoms with van der Waals surface area (Å²) < 4.78 is 9.70. The van der Waals surface area contributed by atoms with Gasteiger partial charge >= 0.3 is 0 Å². The number of rotatable bonds is 10. The van der Waals surface area contributed by atoms with Crippen molar-refractivity contribution in [1.29, 1.82) is 0 Å². The molecular formula is C29H32N8O4. The summed E-state index contributed by atoms with van der Waals surface area (Å²) in [5.74, 6) is -0.370. The summed E-state index contributed by atoms with van der Waals surface area (Å²) in [4.78, 5) is 46.4. The summed E-state index contributed by atoms with van der Waals surface area (Å²) >= 11 is 0. The van der Waals surface area contributed by atoms with Crippen molar-refractivity contribution in [3.05, 3.63) is 71.3 Å². The van der Waals surface area contributed by atoms with E-state index in [1.54, 1.807) is 47.4 Å². The number of carbonyl (C=O) groups excluding carboxylic acids is 3. The van der Waals surface area contributed by atoms with Crippen molar-refractivity contribution in [1.82, 2.24) is 29.6 Å². The van der Waals surface area contributed by atoms with Gasteiger partial charge in [0.1, 0.15) is 23.6 Å². The summed E-state index contributed by atoms with van der Waals surface area (Å²) in [7, 11) is 0. The molecule has 1 aromatic carbocycles. The van der Waals surface area contributed by atoms with Crippen LogP contribution in [0.25, 0.3) is 17.1 Å². The molecule has 12 heteroatoms. The van der Waals surface area contributed by atoms with Crippen molar-refractivity contribution in [2.75, 3.05) is 18.5 Å². The van der Waals surface area contributed by atoms with Crippen LogP contribution in [0.3, 0.4) is 0 Å². The topological polar surface area (TPSA) is 159 Å². The Morgan fingerprint density at radius 2 is 2.07 bits per heavy atom. The van der Waals surface area contributed by atoms with Gasteiger partial charge < -0.3 is 15.8 Å². The fourth-order valence-corrected chi connectivity index (χ4v) is 5.04. The number of pyridine rings is 1. The Morgan fingerprint density at radius 1 is 1.24 bits per heavy atom. The monoisotopic (exact) mass is 556 g/mol. The van der Waals surface area contributed by atoms with E-state index in [-0.39, 0.29) is 24.0 Å². The number of aromatic nitrogens is 5. The third kappa shape index (κ3) is 5.67. The van der Waals surface area contributed by atoms with E-state index in [0.717, 1.165) is 11.3 Å². The zero-order chi connectivity index (χ0) is 29.1. The van der Waals surface area contributed by atoms with E-state index < -0.39 is 11.4 Å². The van der Waals surface area contributed by atoms with E-state index in [2.05, 4.69) is 25.7 Å². The van der Waals surface area contributed by atoms with Gasteiger partial charge in [-0.2, -0.15) is 5.10 Å². The quantitative estimate of drug-likeness (QED) is 0.200. The van der Waals surface area contributed by atoms with E-state index in [0.29, 0.717) is 54.4 Å². The Kier molecular flexibility index (Phi) is 7.56. The second kappa shape index (κ2) is 11.2. The number of imidazole rings is 1. The minimum absolute atomic E-state index is 0.205. The van der Waals surface area contributed by atoms with Crippen LogP contribution < -0.4 is 21.1 Å². The van der Waals surface area contributed by atoms with Crippen LogP contribution in [0.15, 0.2) is 48.8 Å². The number of hydrogen-bond acceptors (Lipinski definition) is 7. The van der Waals surface area contributed by atoms with E-state index >= 15 is 0 Å². The minimum atomic E-state index is -0.615. The zero-order valence-corrected chi connectivity index (χ0v) is 23.2. The fourth-order valence-electron chi connectivity index (χ4n) is 5.04. The van der Waals surface area contributed by atoms with Crippen LogP contribution in [0.4, 0.5) is 5.95 Å². The summed E-state index contributed by atoms with van der Waals surface area (Å²) in [5, 5.41) is 10.2. The van der Waals surface area contributed by atoms with Gasteiger partial charge in [-0.1, -0.05) is 6.07 Å². The maximum Gasteiger partial charge on any atom is 0.276 e. The van der Waals surface area contributed by atoms with E-state index in [1.807, 2.05) is 31.4 Å². The van der Waals surface area contributed by atoms with Gasteiger partial charge in [0, 0.05) is 37.1 Å². The van der Waals surface area contributed by atoms with E-state index in [4.69, 9.17) is 10.5 Å². The van der Waals surface area contributed by atoms with Gasteiger partial charge in [-0.15, -0.1) is 0 Å². The Bertz CT molecular complexity index is 1660. The standard InChI is InChI=1S/C29H32N8O4/c1-4-36-22(13-18(2)35-36)27(40)34-28-33-21-14-20(26(30)39)15-23-25(21)37(28)29(3,17-41-23)10-6-12-32-24(38)9-8-19-7-5-11-31-16-19/h5,7-9,11,13-16H,4,6,10,12,17H2,1-3H3,(H2,30,39)(H,32,38)(H,33,34,40)/b9-8+/t29-/m0/s1. The lowest BCUT2D eigenvalue weighted by Gasteiger charge is -2.37. The Balaban J connectivity index is 1.38. The molecule has 0 aliphatic carbocycles. The minimum Gasteiger partial charge on any atom is -0.489 e. The van der Waals surface area contributed by atoms with Gasteiger partial charge in [0.25, 0.3) is 5.91 Å². The highest BCUT2D eigenvalue weighted by Gasteiger charge is 2.37. The van der Waals surface area contributed by atoms with Crippen LogP contribution in [-0.2, 0) is 16.9 Å². The third-order valence-corrected chi connectivity index (χ3v) is 7.04. The molecule has 4 aromatic rings. The SMILES string of the molecule is CCn1nc(C)cc1C(=O)Nc1nc2cc(C(N)=O)cc3c2n1[C@@](C)(CCCNC(=O)/C=C/c1cccnc1)CO3. The highest BCUT2D eigenvalue weighted by molar-refractivity contribution is 6.04. The van der Waals surface area contributed by atoms with E-state index in [9.17, 15) is 14.4 Å². The zero-order valence-electron chi connectivity index (χ0n) is 23.2. The number of anilines is 1. The van der Waals surface area contributed by atoms with Gasteiger partial charge in [-0.05, 0) is 69.5 Å². The molecule has 4 N–H and O–H groups in total. The number of benzene rings is 1. The molecule has 212 valence electrons. The van der Waals surface area contributed by atoms with Gasteiger partial charge in [-0.3, -0.25) is 33.9 Å². The number of nitrogens with two attached hydrogens (primary N) is 1. The predicted molar refractivity (Wildman–Crippen MR) is 153 cm³/mol. The molecular weight excluding hydrogens is 524 g/mol. The normalized spacial score (nSPS) is 16.1. The Labute approximate surface area is 236 Å². The van der Waals surface area contributed by atoms with Crippen molar-refractivity contribution in [3.63, 3.8) is 0 Å². The molecule has 0 fully saturated rings. The maximum absolute atomic E-state index is 13.4. The fraction of sp³-hybridized carbons (Fsp3) is 0.310. The number of carbonyl (C=O) groups is 3. The van der Waals surface area contributed by atoms with Crippen LogP contribution in [0.5, 0.6) is 5.75 Å². The molecule has 12 nitrogen and oxygen atoms in total. The second-order valence-electron chi connectivity index (χ2n) is 10.2. The molecule has 1 aliphatic heterocycles. The summed E-state index contributed by atoms with van der Waals surface area (Å²) in [6.07, 6.45) is 7.78. The molecule has 5 rings (SSSR count). The van der Waals surface area contributed by atoms with Crippen LogP contribution >= 0.6 is 0 Å². The molecule has 3 aromatic heterocycles. The van der Waals surface area contributed by atoms with Gasteiger partial charge in [0.2, 0.25) is 17.8 Å². The second-order valence-corrected chi connectivity index (χ2v) is 10.2. The number of nitrogens with zero attached hydrogens (tertiary/aromatic N) is 5. The number of amides is 3. The smallest absolute Gasteiger partial charge is 0.276 e. The molecule has 0 unspecified atom stereocenters. The lowest BCUT2D eigenvalue weighted by molar-refractivity contribution is -0.116. The maximum atomic E-state index is 13.4. The van der Waals surface area contributed by atoms with Gasteiger partial charge in [0.15, 0.2) is 0 Å². The highest BCUT2D eigenvalue weighted by Crippen LogP contribution is 2.41. The molecule has 0 bridgehead atoms. The van der Waals surface area contributed by atoms with Crippen molar-refractivity contribution < 1.29 is 19.1 Å². The molecule has 0 radical (unpaired) electrons. The first-order valence-corrected chi connectivity index (χ1v) is 13.4. The average Bonchev–Trinajstić information content (AvgIpc) is 3.53. The van der Waals surface area contributed by atoms with Crippen LogP contribution in [-0.4, -0.2) is 55.2 Å². The molecule has 41 heavy (non-hydrogen) atoms. The average molecular weight is 557 g/mol. The lowest BCUT2D eigenvalue weighted by Crippen LogP contribution is -2.41.